The molecule has 0 saturated heterocycles. The molecule has 1 amide bonds. The van der Waals surface area contributed by atoms with Crippen LogP contribution in [-0.4, -0.2) is 23.8 Å². The molecule has 23 heavy (non-hydrogen) atoms. The highest BCUT2D eigenvalue weighted by atomic mass is 16.6. The van der Waals surface area contributed by atoms with Crippen molar-refractivity contribution >= 4 is 17.5 Å². The van der Waals surface area contributed by atoms with E-state index in [1.54, 1.807) is 4.90 Å². The average molecular weight is 318 g/mol. The third-order valence-corrected chi connectivity index (χ3v) is 3.77. The molecule has 1 heterocycles. The van der Waals surface area contributed by atoms with Gasteiger partial charge in [0.25, 0.3) is 0 Å². The zero-order chi connectivity index (χ0) is 17.6. The minimum absolute atomic E-state index is 0.00857. The zero-order valence-electron chi connectivity index (χ0n) is 15.7. The average Bonchev–Trinajstić information content (AvgIpc) is 2.32. The van der Waals surface area contributed by atoms with Gasteiger partial charge in [-0.05, 0) is 51.7 Å². The van der Waals surface area contributed by atoms with Crippen molar-refractivity contribution in [3.63, 3.8) is 0 Å². The number of nitrogens with zero attached hydrogens (tertiary/aromatic N) is 1. The smallest absolute Gasteiger partial charge is 0.414 e. The molecule has 0 saturated carbocycles. The lowest BCUT2D eigenvalue weighted by Crippen LogP contribution is -2.52. The maximum atomic E-state index is 12.7. The topological polar surface area (TPSA) is 41.6 Å². The minimum Gasteiger partial charge on any atom is -0.443 e. The van der Waals surface area contributed by atoms with Gasteiger partial charge in [-0.2, -0.15) is 0 Å². The number of fused-ring (bicyclic) bond motifs is 1. The molecule has 128 valence electrons. The molecule has 0 atom stereocenters. The van der Waals surface area contributed by atoms with Crippen LogP contribution in [0.5, 0.6) is 0 Å². The Morgan fingerprint density at radius 1 is 1.17 bits per heavy atom. The van der Waals surface area contributed by atoms with E-state index in [-0.39, 0.29) is 17.0 Å². The van der Waals surface area contributed by atoms with E-state index in [4.69, 9.17) is 4.74 Å². The SMILES string of the molecule is CC1(C)CN(C(=O)OC(C)(C)C)c2cccc(C(C)(C)C)c2N1. The summed E-state index contributed by atoms with van der Waals surface area (Å²) in [6.45, 7) is 17.0. The van der Waals surface area contributed by atoms with Crippen molar-refractivity contribution in [2.75, 3.05) is 16.8 Å². The van der Waals surface area contributed by atoms with E-state index in [2.05, 4.69) is 46.0 Å². The fourth-order valence-electron chi connectivity index (χ4n) is 2.86. The molecule has 1 aromatic rings. The minimum atomic E-state index is -0.506. The summed E-state index contributed by atoms with van der Waals surface area (Å²) in [5.41, 5.74) is 2.40. The van der Waals surface area contributed by atoms with Crippen LogP contribution in [0.1, 0.15) is 61.0 Å². The molecule has 0 fully saturated rings. The van der Waals surface area contributed by atoms with Gasteiger partial charge in [0.05, 0.1) is 17.9 Å². The van der Waals surface area contributed by atoms with Crippen LogP contribution in [-0.2, 0) is 10.2 Å². The summed E-state index contributed by atoms with van der Waals surface area (Å²) >= 11 is 0. The number of anilines is 2. The highest BCUT2D eigenvalue weighted by Crippen LogP contribution is 2.42. The van der Waals surface area contributed by atoms with Crippen molar-refractivity contribution in [1.82, 2.24) is 0 Å². The summed E-state index contributed by atoms with van der Waals surface area (Å²) in [6.07, 6.45) is -0.292. The molecule has 0 aliphatic carbocycles. The molecule has 1 aromatic carbocycles. The Labute approximate surface area is 140 Å². The summed E-state index contributed by atoms with van der Waals surface area (Å²) in [4.78, 5) is 14.5. The lowest BCUT2D eigenvalue weighted by Gasteiger charge is -2.43. The van der Waals surface area contributed by atoms with Crippen molar-refractivity contribution in [3.05, 3.63) is 23.8 Å². The number of nitrogens with one attached hydrogen (secondary N) is 1. The van der Waals surface area contributed by atoms with Crippen LogP contribution in [0, 0.1) is 0 Å². The molecular formula is C19H30N2O2. The van der Waals surface area contributed by atoms with Crippen molar-refractivity contribution < 1.29 is 9.53 Å². The number of benzene rings is 1. The largest absolute Gasteiger partial charge is 0.443 e. The molecule has 4 heteroatoms. The van der Waals surface area contributed by atoms with Crippen LogP contribution in [0.3, 0.4) is 0 Å². The second-order valence-electron chi connectivity index (χ2n) is 9.03. The monoisotopic (exact) mass is 318 g/mol. The van der Waals surface area contributed by atoms with Gasteiger partial charge in [0.2, 0.25) is 0 Å². The van der Waals surface area contributed by atoms with Crippen LogP contribution in [0.25, 0.3) is 0 Å². The van der Waals surface area contributed by atoms with Gasteiger partial charge in [-0.15, -0.1) is 0 Å². The Bertz CT molecular complexity index is 607. The highest BCUT2D eigenvalue weighted by molar-refractivity contribution is 5.95. The van der Waals surface area contributed by atoms with Crippen molar-refractivity contribution in [2.45, 2.75) is 71.9 Å². The normalized spacial score (nSPS) is 17.3. The van der Waals surface area contributed by atoms with Gasteiger partial charge in [0.15, 0.2) is 0 Å². The number of ether oxygens (including phenoxy) is 1. The first kappa shape index (κ1) is 17.6. The lowest BCUT2D eigenvalue weighted by molar-refractivity contribution is 0.0573. The van der Waals surface area contributed by atoms with Gasteiger partial charge in [0, 0.05) is 5.54 Å². The van der Waals surface area contributed by atoms with E-state index < -0.39 is 5.60 Å². The van der Waals surface area contributed by atoms with Crippen molar-refractivity contribution in [3.8, 4) is 0 Å². The standard InChI is InChI=1S/C19H30N2O2/c1-17(2,3)13-10-9-11-14-15(13)20-19(7,8)12-21(14)16(22)23-18(4,5)6/h9-11,20H,12H2,1-8H3. The number of carbonyl (C=O) groups excluding carboxylic acids is 1. The number of rotatable bonds is 0. The van der Waals surface area contributed by atoms with Gasteiger partial charge in [-0.25, -0.2) is 4.79 Å². The Morgan fingerprint density at radius 2 is 1.78 bits per heavy atom. The summed E-state index contributed by atoms with van der Waals surface area (Å²) in [5, 5.41) is 3.61. The van der Waals surface area contributed by atoms with E-state index in [1.807, 2.05) is 32.9 Å². The van der Waals surface area contributed by atoms with Crippen LogP contribution in [0.4, 0.5) is 16.2 Å². The molecule has 0 unspecified atom stereocenters. The summed E-state index contributed by atoms with van der Waals surface area (Å²) in [7, 11) is 0. The molecule has 1 N–H and O–H groups in total. The second-order valence-corrected chi connectivity index (χ2v) is 9.03. The number of hydrogen-bond donors (Lipinski definition) is 1. The fourth-order valence-corrected chi connectivity index (χ4v) is 2.86. The van der Waals surface area contributed by atoms with Gasteiger partial charge in [0.1, 0.15) is 5.60 Å². The van der Waals surface area contributed by atoms with Crippen LogP contribution in [0.15, 0.2) is 18.2 Å². The molecule has 4 nitrogen and oxygen atoms in total. The van der Waals surface area contributed by atoms with E-state index >= 15 is 0 Å². The molecule has 1 aliphatic rings. The summed E-state index contributed by atoms with van der Waals surface area (Å²) in [5.74, 6) is 0. The molecular weight excluding hydrogens is 288 g/mol. The maximum Gasteiger partial charge on any atom is 0.414 e. The maximum absolute atomic E-state index is 12.7. The molecule has 0 spiro atoms. The third-order valence-electron chi connectivity index (χ3n) is 3.77. The first-order chi connectivity index (χ1) is 10.3. The van der Waals surface area contributed by atoms with E-state index in [1.165, 1.54) is 5.56 Å². The van der Waals surface area contributed by atoms with Crippen LogP contribution >= 0.6 is 0 Å². The Morgan fingerprint density at radius 3 is 2.30 bits per heavy atom. The number of amides is 1. The number of carbonyl (C=O) groups is 1. The molecule has 0 aromatic heterocycles. The predicted molar refractivity (Wildman–Crippen MR) is 96.4 cm³/mol. The zero-order valence-corrected chi connectivity index (χ0v) is 15.7. The molecule has 1 aliphatic heterocycles. The van der Waals surface area contributed by atoms with Gasteiger partial charge in [-0.1, -0.05) is 32.9 Å². The Hall–Kier alpha value is -1.71. The molecule has 0 radical (unpaired) electrons. The Balaban J connectivity index is 2.52. The van der Waals surface area contributed by atoms with E-state index in [0.717, 1.165) is 11.4 Å². The van der Waals surface area contributed by atoms with E-state index in [9.17, 15) is 4.79 Å². The molecule has 0 bridgehead atoms. The first-order valence-corrected chi connectivity index (χ1v) is 8.22. The molecule has 2 rings (SSSR count). The summed E-state index contributed by atoms with van der Waals surface area (Å²) < 4.78 is 5.61. The number of para-hydroxylation sites is 1. The Kier molecular flexibility index (Phi) is 4.16. The highest BCUT2D eigenvalue weighted by Gasteiger charge is 2.37. The van der Waals surface area contributed by atoms with Crippen molar-refractivity contribution in [2.24, 2.45) is 0 Å². The van der Waals surface area contributed by atoms with Crippen molar-refractivity contribution in [1.29, 1.82) is 0 Å². The number of hydrogen-bond acceptors (Lipinski definition) is 3. The van der Waals surface area contributed by atoms with Crippen LogP contribution in [0.2, 0.25) is 0 Å². The lowest BCUT2D eigenvalue weighted by atomic mass is 9.83. The van der Waals surface area contributed by atoms with Gasteiger partial charge >= 0.3 is 6.09 Å². The third kappa shape index (κ3) is 3.98. The second kappa shape index (κ2) is 5.43. The fraction of sp³-hybridized carbons (Fsp3) is 0.632. The quantitative estimate of drug-likeness (QED) is 0.737. The van der Waals surface area contributed by atoms with Crippen LogP contribution < -0.4 is 10.2 Å². The van der Waals surface area contributed by atoms with Gasteiger partial charge in [-0.3, -0.25) is 4.90 Å². The first-order valence-electron chi connectivity index (χ1n) is 8.22. The van der Waals surface area contributed by atoms with Gasteiger partial charge < -0.3 is 10.1 Å². The summed E-state index contributed by atoms with van der Waals surface area (Å²) in [6, 6.07) is 6.12. The predicted octanol–water partition coefficient (Wildman–Crippen LogP) is 4.93. The van der Waals surface area contributed by atoms with E-state index in [0.29, 0.717) is 6.54 Å².